The van der Waals surface area contributed by atoms with Gasteiger partial charge < -0.3 is 10.1 Å². The number of hydrogen-bond donors (Lipinski definition) is 3. The lowest BCUT2D eigenvalue weighted by Crippen LogP contribution is -2.18. The molecule has 108 valence electrons. The van der Waals surface area contributed by atoms with Gasteiger partial charge in [-0.1, -0.05) is 0 Å². The molecule has 2 aromatic rings. The minimum Gasteiger partial charge on any atom is -0.497 e. The molecular formula is C15H14N2O4. The first-order chi connectivity index (χ1) is 10.1. The summed E-state index contributed by atoms with van der Waals surface area (Å²) >= 11 is 0. The van der Waals surface area contributed by atoms with Crippen LogP contribution >= 0.6 is 0 Å². The Morgan fingerprint density at radius 3 is 1.95 bits per heavy atom. The van der Waals surface area contributed by atoms with Crippen molar-refractivity contribution in [2.75, 3.05) is 12.4 Å². The number of hydrogen-bond acceptors (Lipinski definition) is 4. The summed E-state index contributed by atoms with van der Waals surface area (Å²) in [5.74, 6) is -0.203. The number of ether oxygens (including phenoxy) is 1. The molecule has 2 aromatic carbocycles. The maximum atomic E-state index is 12.0. The zero-order valence-electron chi connectivity index (χ0n) is 11.3. The van der Waals surface area contributed by atoms with Crippen LogP contribution in [0.5, 0.6) is 5.75 Å². The van der Waals surface area contributed by atoms with Crippen LogP contribution in [0.2, 0.25) is 0 Å². The third-order valence-corrected chi connectivity index (χ3v) is 2.86. The van der Waals surface area contributed by atoms with Crippen LogP contribution in [0.3, 0.4) is 0 Å². The highest BCUT2D eigenvalue weighted by atomic mass is 16.5. The molecule has 6 nitrogen and oxygen atoms in total. The van der Waals surface area contributed by atoms with Crippen LogP contribution < -0.4 is 15.5 Å². The normalized spacial score (nSPS) is 9.81. The van der Waals surface area contributed by atoms with Crippen molar-refractivity contribution in [2.24, 2.45) is 0 Å². The van der Waals surface area contributed by atoms with Gasteiger partial charge in [-0.05, 0) is 48.5 Å². The van der Waals surface area contributed by atoms with Crippen molar-refractivity contribution in [3.63, 3.8) is 0 Å². The maximum Gasteiger partial charge on any atom is 0.274 e. The van der Waals surface area contributed by atoms with Gasteiger partial charge in [0, 0.05) is 16.8 Å². The van der Waals surface area contributed by atoms with E-state index < -0.39 is 5.91 Å². The van der Waals surface area contributed by atoms with Gasteiger partial charge >= 0.3 is 0 Å². The largest absolute Gasteiger partial charge is 0.497 e. The van der Waals surface area contributed by atoms with E-state index in [9.17, 15) is 9.59 Å². The molecule has 0 spiro atoms. The Morgan fingerprint density at radius 1 is 0.905 bits per heavy atom. The first-order valence-corrected chi connectivity index (χ1v) is 6.14. The van der Waals surface area contributed by atoms with Crippen molar-refractivity contribution in [3.05, 3.63) is 59.7 Å². The van der Waals surface area contributed by atoms with Gasteiger partial charge in [-0.25, -0.2) is 5.48 Å². The summed E-state index contributed by atoms with van der Waals surface area (Å²) < 4.78 is 5.02. The van der Waals surface area contributed by atoms with Gasteiger partial charge in [0.25, 0.3) is 11.8 Å². The number of rotatable bonds is 4. The second kappa shape index (κ2) is 6.53. The molecule has 0 aliphatic rings. The number of anilines is 1. The second-order valence-electron chi connectivity index (χ2n) is 4.20. The minimum atomic E-state index is -0.608. The Balaban J connectivity index is 2.06. The molecular weight excluding hydrogens is 272 g/mol. The Kier molecular flexibility index (Phi) is 4.53. The van der Waals surface area contributed by atoms with Gasteiger partial charge in [0.15, 0.2) is 0 Å². The monoisotopic (exact) mass is 286 g/mol. The van der Waals surface area contributed by atoms with Crippen molar-refractivity contribution in [2.45, 2.75) is 0 Å². The SMILES string of the molecule is COc1ccc(C(=O)Nc2ccc(C(=O)NO)cc2)cc1. The minimum absolute atomic E-state index is 0.267. The topological polar surface area (TPSA) is 87.7 Å². The molecule has 6 heteroatoms. The van der Waals surface area contributed by atoms with E-state index in [0.717, 1.165) is 0 Å². The summed E-state index contributed by atoms with van der Waals surface area (Å²) in [4.78, 5) is 23.2. The van der Waals surface area contributed by atoms with Crippen LogP contribution in [0, 0.1) is 0 Å². The lowest BCUT2D eigenvalue weighted by Gasteiger charge is -2.07. The molecule has 0 saturated heterocycles. The highest BCUT2D eigenvalue weighted by molar-refractivity contribution is 6.04. The Bertz CT molecular complexity index is 636. The second-order valence-corrected chi connectivity index (χ2v) is 4.20. The molecule has 0 radical (unpaired) electrons. The van der Waals surface area contributed by atoms with Crippen LogP contribution in [0.25, 0.3) is 0 Å². The molecule has 0 bridgehead atoms. The van der Waals surface area contributed by atoms with E-state index in [2.05, 4.69) is 5.32 Å². The van der Waals surface area contributed by atoms with E-state index in [1.807, 2.05) is 0 Å². The summed E-state index contributed by atoms with van der Waals surface area (Å²) in [7, 11) is 1.55. The van der Waals surface area contributed by atoms with Crippen LogP contribution in [0.4, 0.5) is 5.69 Å². The standard InChI is InChI=1S/C15H14N2O4/c1-21-13-8-4-10(5-9-13)14(18)16-12-6-2-11(3-7-12)15(19)17-20/h2-9,20H,1H3,(H,16,18)(H,17,19). The van der Waals surface area contributed by atoms with Crippen molar-refractivity contribution in [3.8, 4) is 5.75 Å². The van der Waals surface area contributed by atoms with Crippen molar-refractivity contribution < 1.29 is 19.5 Å². The van der Waals surface area contributed by atoms with Gasteiger partial charge in [-0.2, -0.15) is 0 Å². The number of benzene rings is 2. The van der Waals surface area contributed by atoms with Crippen LogP contribution in [-0.4, -0.2) is 24.1 Å². The van der Waals surface area contributed by atoms with E-state index in [1.54, 1.807) is 49.0 Å². The van der Waals surface area contributed by atoms with Gasteiger partial charge in [0.1, 0.15) is 5.75 Å². The number of carbonyl (C=O) groups excluding carboxylic acids is 2. The van der Waals surface area contributed by atoms with Gasteiger partial charge in [-0.3, -0.25) is 14.8 Å². The predicted molar refractivity (Wildman–Crippen MR) is 76.6 cm³/mol. The van der Waals surface area contributed by atoms with E-state index in [0.29, 0.717) is 22.6 Å². The third kappa shape index (κ3) is 3.58. The molecule has 2 amide bonds. The highest BCUT2D eigenvalue weighted by Gasteiger charge is 2.07. The molecule has 0 aromatic heterocycles. The van der Waals surface area contributed by atoms with Crippen molar-refractivity contribution in [1.82, 2.24) is 5.48 Å². The molecule has 0 fully saturated rings. The first kappa shape index (κ1) is 14.5. The Morgan fingerprint density at radius 2 is 1.43 bits per heavy atom. The molecule has 0 heterocycles. The van der Waals surface area contributed by atoms with Gasteiger partial charge in [0.2, 0.25) is 0 Å². The van der Waals surface area contributed by atoms with E-state index >= 15 is 0 Å². The average Bonchev–Trinajstić information content (AvgIpc) is 2.55. The zero-order chi connectivity index (χ0) is 15.2. The van der Waals surface area contributed by atoms with Crippen molar-refractivity contribution in [1.29, 1.82) is 0 Å². The smallest absolute Gasteiger partial charge is 0.274 e. The van der Waals surface area contributed by atoms with Crippen molar-refractivity contribution >= 4 is 17.5 Å². The molecule has 0 unspecified atom stereocenters. The molecule has 0 aliphatic heterocycles. The third-order valence-electron chi connectivity index (χ3n) is 2.86. The summed E-state index contributed by atoms with van der Waals surface area (Å²) in [6.07, 6.45) is 0. The Hall–Kier alpha value is -2.86. The zero-order valence-corrected chi connectivity index (χ0v) is 11.3. The molecule has 3 N–H and O–H groups in total. The number of hydroxylamine groups is 1. The van der Waals surface area contributed by atoms with Gasteiger partial charge in [-0.15, -0.1) is 0 Å². The predicted octanol–water partition coefficient (Wildman–Crippen LogP) is 2.07. The Labute approximate surface area is 121 Å². The molecule has 2 rings (SSSR count). The molecule has 0 aliphatic carbocycles. The van der Waals surface area contributed by atoms with Gasteiger partial charge in [0.05, 0.1) is 7.11 Å². The summed E-state index contributed by atoms with van der Waals surface area (Å²) in [6, 6.07) is 12.8. The highest BCUT2D eigenvalue weighted by Crippen LogP contribution is 2.14. The lowest BCUT2D eigenvalue weighted by atomic mass is 10.1. The summed E-state index contributed by atoms with van der Waals surface area (Å²) in [5, 5.41) is 11.2. The van der Waals surface area contributed by atoms with E-state index in [1.165, 1.54) is 12.1 Å². The fourth-order valence-corrected chi connectivity index (χ4v) is 1.72. The first-order valence-electron chi connectivity index (χ1n) is 6.14. The number of nitrogens with one attached hydrogen (secondary N) is 2. The average molecular weight is 286 g/mol. The fourth-order valence-electron chi connectivity index (χ4n) is 1.72. The van der Waals surface area contributed by atoms with Crippen LogP contribution in [0.1, 0.15) is 20.7 Å². The summed E-state index contributed by atoms with van der Waals surface area (Å²) in [5.41, 5.74) is 2.87. The number of amides is 2. The lowest BCUT2D eigenvalue weighted by molar-refractivity contribution is 0.0706. The number of methoxy groups -OCH3 is 1. The number of carbonyl (C=O) groups is 2. The molecule has 21 heavy (non-hydrogen) atoms. The van der Waals surface area contributed by atoms with Crippen LogP contribution in [0.15, 0.2) is 48.5 Å². The van der Waals surface area contributed by atoms with E-state index in [-0.39, 0.29) is 5.91 Å². The fraction of sp³-hybridized carbons (Fsp3) is 0.0667. The quantitative estimate of drug-likeness (QED) is 0.593. The molecule has 0 saturated carbocycles. The summed E-state index contributed by atoms with van der Waals surface area (Å²) in [6.45, 7) is 0. The van der Waals surface area contributed by atoms with E-state index in [4.69, 9.17) is 9.94 Å². The molecule has 0 atom stereocenters. The maximum absolute atomic E-state index is 12.0. The van der Waals surface area contributed by atoms with Crippen LogP contribution in [-0.2, 0) is 0 Å².